The summed E-state index contributed by atoms with van der Waals surface area (Å²) in [6, 6.07) is 8.10. The van der Waals surface area contributed by atoms with Crippen LogP contribution in [0, 0.1) is 5.82 Å². The van der Waals surface area contributed by atoms with Crippen LogP contribution in [0.2, 0.25) is 0 Å². The SMILES string of the molecule is O=C(C1=C(O)C(=O)N(c2nccs2)[C@H]1c1ccccc1F)c1cccs1. The van der Waals surface area contributed by atoms with Gasteiger partial charge in [0.05, 0.1) is 10.5 Å². The van der Waals surface area contributed by atoms with Crippen molar-refractivity contribution >= 4 is 39.5 Å². The van der Waals surface area contributed by atoms with E-state index in [1.165, 1.54) is 52.0 Å². The van der Waals surface area contributed by atoms with Gasteiger partial charge in [0.15, 0.2) is 10.9 Å². The van der Waals surface area contributed by atoms with Crippen LogP contribution in [0.25, 0.3) is 0 Å². The van der Waals surface area contributed by atoms with Gasteiger partial charge in [0.2, 0.25) is 5.78 Å². The van der Waals surface area contributed by atoms with Crippen LogP contribution in [-0.2, 0) is 4.79 Å². The van der Waals surface area contributed by atoms with Crippen LogP contribution in [0.5, 0.6) is 0 Å². The van der Waals surface area contributed by atoms with Crippen molar-refractivity contribution in [1.29, 1.82) is 0 Å². The lowest BCUT2D eigenvalue weighted by Crippen LogP contribution is -2.31. The summed E-state index contributed by atoms with van der Waals surface area (Å²) in [4.78, 5) is 31.3. The molecule has 5 nitrogen and oxygen atoms in total. The Balaban J connectivity index is 1.91. The van der Waals surface area contributed by atoms with Crippen LogP contribution in [0.15, 0.2) is 64.7 Å². The van der Waals surface area contributed by atoms with E-state index in [0.717, 1.165) is 0 Å². The molecule has 1 aromatic carbocycles. The molecular formula is C18H11FN2O3S2. The van der Waals surface area contributed by atoms with Gasteiger partial charge in [-0.25, -0.2) is 9.37 Å². The van der Waals surface area contributed by atoms with Gasteiger partial charge in [0.25, 0.3) is 5.91 Å². The molecule has 1 aliphatic rings. The summed E-state index contributed by atoms with van der Waals surface area (Å²) in [5.74, 6) is -2.52. The summed E-state index contributed by atoms with van der Waals surface area (Å²) in [5, 5.41) is 14.1. The number of aliphatic hydroxyl groups is 1. The Morgan fingerprint density at radius 3 is 2.62 bits per heavy atom. The number of aromatic nitrogens is 1. The van der Waals surface area contributed by atoms with E-state index >= 15 is 0 Å². The number of thiophene rings is 1. The number of aliphatic hydroxyl groups excluding tert-OH is 1. The molecule has 8 heteroatoms. The third-order valence-corrected chi connectivity index (χ3v) is 5.66. The Morgan fingerprint density at radius 1 is 1.15 bits per heavy atom. The number of hydrogen-bond donors (Lipinski definition) is 1. The van der Waals surface area contributed by atoms with Gasteiger partial charge in [-0.1, -0.05) is 24.3 Å². The molecule has 0 bridgehead atoms. The number of carbonyl (C=O) groups excluding carboxylic acids is 2. The first kappa shape index (κ1) is 16.6. The maximum Gasteiger partial charge on any atom is 0.296 e. The Bertz CT molecular complexity index is 1010. The summed E-state index contributed by atoms with van der Waals surface area (Å²) in [5.41, 5.74) is -0.0160. The van der Waals surface area contributed by atoms with Crippen LogP contribution < -0.4 is 4.90 Å². The van der Waals surface area contributed by atoms with Crippen molar-refractivity contribution in [2.75, 3.05) is 4.90 Å². The number of carbonyl (C=O) groups is 2. The zero-order valence-corrected chi connectivity index (χ0v) is 14.8. The number of halogens is 1. The summed E-state index contributed by atoms with van der Waals surface area (Å²) < 4.78 is 14.5. The number of amides is 1. The van der Waals surface area contributed by atoms with Gasteiger partial charge in [-0.15, -0.1) is 22.7 Å². The second-order valence-electron chi connectivity index (χ2n) is 5.48. The van der Waals surface area contributed by atoms with Crippen molar-refractivity contribution in [1.82, 2.24) is 4.98 Å². The Morgan fingerprint density at radius 2 is 1.96 bits per heavy atom. The predicted octanol–water partition coefficient (Wildman–Crippen LogP) is 4.13. The van der Waals surface area contributed by atoms with Crippen molar-refractivity contribution in [3.8, 4) is 0 Å². The Hall–Kier alpha value is -2.84. The van der Waals surface area contributed by atoms with Gasteiger partial charge in [-0.2, -0.15) is 0 Å². The van der Waals surface area contributed by atoms with Gasteiger partial charge < -0.3 is 5.11 Å². The molecule has 1 atom stereocenters. The number of anilines is 1. The smallest absolute Gasteiger partial charge is 0.296 e. The molecule has 1 N–H and O–H groups in total. The normalized spacial score (nSPS) is 17.2. The molecule has 2 aromatic heterocycles. The van der Waals surface area contributed by atoms with E-state index in [-0.39, 0.29) is 16.3 Å². The minimum atomic E-state index is -1.08. The highest BCUT2D eigenvalue weighted by molar-refractivity contribution is 7.14. The average molecular weight is 386 g/mol. The highest BCUT2D eigenvalue weighted by Gasteiger charge is 2.46. The van der Waals surface area contributed by atoms with E-state index in [0.29, 0.717) is 4.88 Å². The quantitative estimate of drug-likeness (QED) is 0.685. The highest BCUT2D eigenvalue weighted by atomic mass is 32.1. The van der Waals surface area contributed by atoms with E-state index in [4.69, 9.17) is 0 Å². The van der Waals surface area contributed by atoms with Crippen molar-refractivity contribution in [2.24, 2.45) is 0 Å². The summed E-state index contributed by atoms with van der Waals surface area (Å²) >= 11 is 2.36. The lowest BCUT2D eigenvalue weighted by molar-refractivity contribution is -0.117. The highest BCUT2D eigenvalue weighted by Crippen LogP contribution is 2.43. The maximum absolute atomic E-state index is 14.5. The fourth-order valence-electron chi connectivity index (χ4n) is 2.90. The molecule has 0 fully saturated rings. The second-order valence-corrected chi connectivity index (χ2v) is 7.30. The van der Waals surface area contributed by atoms with Crippen LogP contribution in [0.1, 0.15) is 21.3 Å². The minimum Gasteiger partial charge on any atom is -0.503 e. The molecule has 3 heterocycles. The van der Waals surface area contributed by atoms with E-state index in [9.17, 15) is 19.1 Å². The van der Waals surface area contributed by atoms with Gasteiger partial charge in [-0.05, 0) is 17.5 Å². The molecule has 0 spiro atoms. The van der Waals surface area contributed by atoms with E-state index in [1.54, 1.807) is 29.0 Å². The Labute approximate surface area is 155 Å². The maximum atomic E-state index is 14.5. The van der Waals surface area contributed by atoms with Gasteiger partial charge >= 0.3 is 0 Å². The number of thiazole rings is 1. The number of Topliss-reactive ketones (excluding diaryl/α,β-unsaturated/α-hetero) is 1. The van der Waals surface area contributed by atoms with E-state index in [1.807, 2.05) is 0 Å². The van der Waals surface area contributed by atoms with Crippen molar-refractivity contribution in [3.05, 3.63) is 80.9 Å². The van der Waals surface area contributed by atoms with Crippen LogP contribution in [0.4, 0.5) is 9.52 Å². The molecule has 130 valence electrons. The zero-order valence-electron chi connectivity index (χ0n) is 13.1. The Kier molecular flexibility index (Phi) is 4.14. The fraction of sp³-hybridized carbons (Fsp3) is 0.0556. The number of ketones is 1. The van der Waals surface area contributed by atoms with Crippen LogP contribution >= 0.6 is 22.7 Å². The first-order valence-corrected chi connectivity index (χ1v) is 9.34. The molecule has 3 aromatic rings. The number of rotatable bonds is 4. The van der Waals surface area contributed by atoms with E-state index < -0.39 is 29.3 Å². The van der Waals surface area contributed by atoms with Gasteiger partial charge in [0.1, 0.15) is 11.9 Å². The lowest BCUT2D eigenvalue weighted by Gasteiger charge is -2.24. The molecule has 0 unspecified atom stereocenters. The summed E-state index contributed by atoms with van der Waals surface area (Å²) in [6.07, 6.45) is 1.50. The van der Waals surface area contributed by atoms with Gasteiger partial charge in [0, 0.05) is 17.1 Å². The standard InChI is InChI=1S/C18H11FN2O3S2/c19-11-5-2-1-4-10(11)14-13(15(22)12-6-3-8-25-12)16(23)17(24)21(14)18-20-7-9-26-18/h1-9,14,23H/t14-/m0/s1. The number of benzene rings is 1. The van der Waals surface area contributed by atoms with Crippen molar-refractivity contribution in [3.63, 3.8) is 0 Å². The first-order chi connectivity index (χ1) is 12.6. The average Bonchev–Trinajstić information content (AvgIpc) is 3.37. The monoisotopic (exact) mass is 386 g/mol. The first-order valence-electron chi connectivity index (χ1n) is 7.58. The number of nitrogens with zero attached hydrogens (tertiary/aromatic N) is 2. The predicted molar refractivity (Wildman–Crippen MR) is 97.0 cm³/mol. The number of hydrogen-bond acceptors (Lipinski definition) is 6. The molecule has 1 amide bonds. The van der Waals surface area contributed by atoms with Crippen LogP contribution in [0.3, 0.4) is 0 Å². The van der Waals surface area contributed by atoms with Crippen molar-refractivity contribution in [2.45, 2.75) is 6.04 Å². The van der Waals surface area contributed by atoms with Crippen LogP contribution in [-0.4, -0.2) is 21.8 Å². The molecule has 0 radical (unpaired) electrons. The third-order valence-electron chi connectivity index (χ3n) is 4.02. The minimum absolute atomic E-state index is 0.125. The summed E-state index contributed by atoms with van der Waals surface area (Å²) in [7, 11) is 0. The fourth-order valence-corrected chi connectivity index (χ4v) is 4.25. The molecular weight excluding hydrogens is 375 g/mol. The topological polar surface area (TPSA) is 70.5 Å². The summed E-state index contributed by atoms with van der Waals surface area (Å²) in [6.45, 7) is 0. The molecule has 0 aliphatic carbocycles. The van der Waals surface area contributed by atoms with E-state index in [2.05, 4.69) is 4.98 Å². The molecule has 0 saturated heterocycles. The third kappa shape index (κ3) is 2.54. The molecule has 4 rings (SSSR count). The lowest BCUT2D eigenvalue weighted by atomic mass is 9.95. The van der Waals surface area contributed by atoms with Gasteiger partial charge in [-0.3, -0.25) is 14.5 Å². The molecule has 1 aliphatic heterocycles. The molecule has 0 saturated carbocycles. The molecule has 26 heavy (non-hydrogen) atoms. The zero-order chi connectivity index (χ0) is 18.3. The van der Waals surface area contributed by atoms with Crippen molar-refractivity contribution < 1.29 is 19.1 Å². The largest absolute Gasteiger partial charge is 0.503 e. The second kappa shape index (κ2) is 6.47.